The topological polar surface area (TPSA) is 70.5 Å². The number of benzene rings is 2. The summed E-state index contributed by atoms with van der Waals surface area (Å²) in [5.74, 6) is -0.0603. The van der Waals surface area contributed by atoms with Crippen LogP contribution in [0.3, 0.4) is 0 Å². The Morgan fingerprint density at radius 2 is 1.65 bits per heavy atom. The number of nitrogens with zero attached hydrogens (tertiary/aromatic N) is 4. The minimum Gasteiger partial charge on any atom is -0.371 e. The molecule has 34 heavy (non-hydrogen) atoms. The van der Waals surface area contributed by atoms with Gasteiger partial charge in [0, 0.05) is 49.9 Å². The van der Waals surface area contributed by atoms with Crippen LogP contribution in [-0.2, 0) is 24.4 Å². The van der Waals surface area contributed by atoms with Gasteiger partial charge in [0.15, 0.2) is 0 Å². The Kier molecular flexibility index (Phi) is 6.60. The first-order valence-electron chi connectivity index (χ1n) is 12.2. The summed E-state index contributed by atoms with van der Waals surface area (Å²) in [7, 11) is 0. The summed E-state index contributed by atoms with van der Waals surface area (Å²) in [5.41, 5.74) is 4.67. The van der Waals surface area contributed by atoms with Gasteiger partial charge in [0.05, 0.1) is 5.56 Å². The first-order valence-corrected chi connectivity index (χ1v) is 12.2. The van der Waals surface area contributed by atoms with E-state index in [0.29, 0.717) is 18.7 Å². The third-order valence-corrected chi connectivity index (χ3v) is 6.74. The summed E-state index contributed by atoms with van der Waals surface area (Å²) in [4.78, 5) is 30.1. The minimum atomic E-state index is -0.0952. The van der Waals surface area contributed by atoms with Crippen LogP contribution in [0.5, 0.6) is 0 Å². The van der Waals surface area contributed by atoms with Gasteiger partial charge in [-0.25, -0.2) is 0 Å². The Labute approximate surface area is 200 Å². The van der Waals surface area contributed by atoms with Crippen LogP contribution in [0.25, 0.3) is 0 Å². The number of carbonyl (C=O) groups excluding carboxylic acids is 2. The smallest absolute Gasteiger partial charge is 0.257 e. The molecule has 0 unspecified atom stereocenters. The van der Waals surface area contributed by atoms with Crippen molar-refractivity contribution < 1.29 is 9.59 Å². The summed E-state index contributed by atoms with van der Waals surface area (Å²) >= 11 is 0. The number of para-hydroxylation sites is 1. The van der Waals surface area contributed by atoms with Crippen molar-refractivity contribution in [3.05, 3.63) is 77.6 Å². The summed E-state index contributed by atoms with van der Waals surface area (Å²) in [5, 5.41) is 7.21. The zero-order chi connectivity index (χ0) is 23.3. The van der Waals surface area contributed by atoms with Gasteiger partial charge in [0.25, 0.3) is 5.91 Å². The van der Waals surface area contributed by atoms with E-state index in [2.05, 4.69) is 21.4 Å². The van der Waals surface area contributed by atoms with Gasteiger partial charge in [-0.2, -0.15) is 5.10 Å². The van der Waals surface area contributed by atoms with Crippen molar-refractivity contribution in [1.82, 2.24) is 14.7 Å². The molecule has 1 fully saturated rings. The van der Waals surface area contributed by atoms with Crippen molar-refractivity contribution in [3.63, 3.8) is 0 Å². The molecule has 1 aromatic heterocycles. The van der Waals surface area contributed by atoms with E-state index in [-0.39, 0.29) is 18.4 Å². The second-order valence-electron chi connectivity index (χ2n) is 9.16. The van der Waals surface area contributed by atoms with Crippen LogP contribution in [0, 0.1) is 0 Å². The fourth-order valence-corrected chi connectivity index (χ4v) is 4.91. The Bertz CT molecular complexity index is 1150. The molecule has 7 nitrogen and oxygen atoms in total. The van der Waals surface area contributed by atoms with Crippen LogP contribution in [0.15, 0.2) is 60.9 Å². The molecule has 0 spiro atoms. The first-order chi connectivity index (χ1) is 16.7. The number of rotatable bonds is 5. The number of amides is 2. The summed E-state index contributed by atoms with van der Waals surface area (Å²) < 4.78 is 1.64. The second kappa shape index (κ2) is 10.1. The van der Waals surface area contributed by atoms with Gasteiger partial charge in [-0.15, -0.1) is 0 Å². The highest BCUT2D eigenvalue weighted by Gasteiger charge is 2.24. The molecule has 0 radical (unpaired) electrons. The van der Waals surface area contributed by atoms with E-state index in [9.17, 15) is 9.59 Å². The normalized spacial score (nSPS) is 16.0. The second-order valence-corrected chi connectivity index (χ2v) is 9.16. The number of anilines is 2. The lowest BCUT2D eigenvalue weighted by Gasteiger charge is -2.28. The highest BCUT2D eigenvalue weighted by molar-refractivity contribution is 6.08. The average molecular weight is 458 g/mol. The lowest BCUT2D eigenvalue weighted by Crippen LogP contribution is -2.29. The van der Waals surface area contributed by atoms with Gasteiger partial charge < -0.3 is 15.1 Å². The van der Waals surface area contributed by atoms with Crippen LogP contribution in [0.2, 0.25) is 0 Å². The van der Waals surface area contributed by atoms with Crippen molar-refractivity contribution >= 4 is 23.2 Å². The number of hydrogen-bond acceptors (Lipinski definition) is 4. The van der Waals surface area contributed by atoms with Crippen LogP contribution in [-0.4, -0.2) is 39.6 Å². The molecule has 176 valence electrons. The zero-order valence-electron chi connectivity index (χ0n) is 19.4. The van der Waals surface area contributed by atoms with Gasteiger partial charge in [-0.1, -0.05) is 37.5 Å². The van der Waals surface area contributed by atoms with E-state index in [1.165, 1.54) is 19.3 Å². The van der Waals surface area contributed by atoms with Crippen LogP contribution in [0.4, 0.5) is 11.4 Å². The van der Waals surface area contributed by atoms with Crippen LogP contribution < -0.4 is 10.2 Å². The Morgan fingerprint density at radius 1 is 0.882 bits per heavy atom. The highest BCUT2D eigenvalue weighted by Crippen LogP contribution is 2.28. The van der Waals surface area contributed by atoms with Crippen molar-refractivity contribution in [1.29, 1.82) is 0 Å². The molecule has 0 bridgehead atoms. The Morgan fingerprint density at radius 3 is 2.44 bits per heavy atom. The molecule has 0 saturated carbocycles. The lowest BCUT2D eigenvalue weighted by atomic mass is 10.1. The number of carbonyl (C=O) groups is 2. The van der Waals surface area contributed by atoms with E-state index in [1.54, 1.807) is 17.1 Å². The average Bonchev–Trinajstić information content (AvgIpc) is 3.48. The summed E-state index contributed by atoms with van der Waals surface area (Å²) in [6.45, 7) is 3.35. The standard InChI is InChI=1S/C27H31N5O2/c33-26(20-32-16-8-13-28-32)31-18-21-11-12-23(17-22(21)19-31)29-27(34)24-9-4-5-10-25(24)30-14-6-2-1-3-7-15-30/h4-5,8-13,16-17H,1-3,6-7,14-15,18-20H2,(H,29,34). The van der Waals surface area contributed by atoms with Crippen LogP contribution in [0.1, 0.15) is 53.6 Å². The number of hydrogen-bond donors (Lipinski definition) is 1. The Hall–Kier alpha value is -3.61. The number of nitrogens with one attached hydrogen (secondary N) is 1. The molecule has 2 aliphatic heterocycles. The monoisotopic (exact) mass is 457 g/mol. The maximum absolute atomic E-state index is 13.3. The first kappa shape index (κ1) is 22.2. The van der Waals surface area contributed by atoms with Gasteiger partial charge in [0.1, 0.15) is 6.54 Å². The van der Waals surface area contributed by atoms with Crippen LogP contribution >= 0.6 is 0 Å². The maximum atomic E-state index is 13.3. The van der Waals surface area contributed by atoms with Gasteiger partial charge in [-0.05, 0) is 54.3 Å². The number of aromatic nitrogens is 2. The third-order valence-electron chi connectivity index (χ3n) is 6.74. The predicted octanol–water partition coefficient (Wildman–Crippen LogP) is 4.45. The summed E-state index contributed by atoms with van der Waals surface area (Å²) in [6, 6.07) is 15.6. The molecular weight excluding hydrogens is 426 g/mol. The molecule has 2 aliphatic rings. The van der Waals surface area contributed by atoms with E-state index >= 15 is 0 Å². The SMILES string of the molecule is O=C(Nc1ccc2c(c1)CN(C(=O)Cn1cccn1)C2)c1ccccc1N1CCCCCCC1. The third kappa shape index (κ3) is 4.98. The Balaban J connectivity index is 1.27. The van der Waals surface area contributed by atoms with Crippen molar-refractivity contribution in [2.24, 2.45) is 0 Å². The largest absolute Gasteiger partial charge is 0.371 e. The lowest BCUT2D eigenvalue weighted by molar-refractivity contribution is -0.132. The predicted molar refractivity (Wildman–Crippen MR) is 133 cm³/mol. The molecule has 2 aromatic carbocycles. The van der Waals surface area contributed by atoms with Crippen molar-refractivity contribution in [2.75, 3.05) is 23.3 Å². The quantitative estimate of drug-likeness (QED) is 0.615. The molecule has 5 rings (SSSR count). The molecule has 1 N–H and O–H groups in total. The van der Waals surface area contributed by atoms with Gasteiger partial charge in [0.2, 0.25) is 5.91 Å². The van der Waals surface area contributed by atoms with E-state index < -0.39 is 0 Å². The summed E-state index contributed by atoms with van der Waals surface area (Å²) in [6.07, 6.45) is 9.60. The van der Waals surface area contributed by atoms with E-state index in [1.807, 2.05) is 47.4 Å². The molecule has 2 amide bonds. The molecule has 1 saturated heterocycles. The number of fused-ring (bicyclic) bond motifs is 1. The van der Waals surface area contributed by atoms with Gasteiger partial charge >= 0.3 is 0 Å². The molecule has 3 heterocycles. The molecule has 0 aliphatic carbocycles. The fraction of sp³-hybridized carbons (Fsp3) is 0.370. The highest BCUT2D eigenvalue weighted by atomic mass is 16.2. The molecule has 7 heteroatoms. The minimum absolute atomic E-state index is 0.0349. The van der Waals surface area contributed by atoms with Gasteiger partial charge in [-0.3, -0.25) is 14.3 Å². The van der Waals surface area contributed by atoms with Crippen molar-refractivity contribution in [3.8, 4) is 0 Å². The van der Waals surface area contributed by atoms with E-state index in [4.69, 9.17) is 0 Å². The molecule has 3 aromatic rings. The molecular formula is C27H31N5O2. The van der Waals surface area contributed by atoms with Crippen molar-refractivity contribution in [2.45, 2.75) is 51.7 Å². The zero-order valence-corrected chi connectivity index (χ0v) is 19.4. The maximum Gasteiger partial charge on any atom is 0.257 e. The molecule has 0 atom stereocenters. The van der Waals surface area contributed by atoms with E-state index in [0.717, 1.165) is 48.4 Å². The fourth-order valence-electron chi connectivity index (χ4n) is 4.91.